The number of pyridine rings is 1. The molecule has 0 saturated heterocycles. The molecule has 1 heterocycles. The van der Waals surface area contributed by atoms with Gasteiger partial charge in [-0.05, 0) is 37.1 Å². The first-order valence-corrected chi connectivity index (χ1v) is 6.20. The Morgan fingerprint density at radius 2 is 2.00 bits per heavy atom. The average molecular weight is 242 g/mol. The molecule has 2 aromatic rings. The van der Waals surface area contributed by atoms with Crippen LogP contribution in [-0.4, -0.2) is 11.5 Å². The molecular formula is C15H18N2O. The summed E-state index contributed by atoms with van der Waals surface area (Å²) in [6, 6.07) is 12.0. The minimum atomic E-state index is 0.549. The van der Waals surface area contributed by atoms with Gasteiger partial charge < -0.3 is 10.5 Å². The van der Waals surface area contributed by atoms with Crippen LogP contribution in [0.3, 0.4) is 0 Å². The van der Waals surface area contributed by atoms with Gasteiger partial charge in [0.1, 0.15) is 12.4 Å². The van der Waals surface area contributed by atoms with Crippen LogP contribution in [-0.2, 0) is 13.0 Å². The van der Waals surface area contributed by atoms with Crippen LogP contribution < -0.4 is 10.5 Å². The molecule has 3 heteroatoms. The van der Waals surface area contributed by atoms with E-state index in [0.29, 0.717) is 13.2 Å². The van der Waals surface area contributed by atoms with Crippen molar-refractivity contribution in [1.82, 2.24) is 4.98 Å². The lowest BCUT2D eigenvalue weighted by Crippen LogP contribution is -2.03. The second-order valence-electron chi connectivity index (χ2n) is 4.15. The van der Waals surface area contributed by atoms with E-state index in [2.05, 4.69) is 11.1 Å². The zero-order valence-corrected chi connectivity index (χ0v) is 10.4. The van der Waals surface area contributed by atoms with Gasteiger partial charge in [-0.1, -0.05) is 24.3 Å². The molecule has 3 nitrogen and oxygen atoms in total. The first-order valence-electron chi connectivity index (χ1n) is 6.20. The predicted molar refractivity (Wildman–Crippen MR) is 72.4 cm³/mol. The highest BCUT2D eigenvalue weighted by Gasteiger charge is 2.02. The van der Waals surface area contributed by atoms with Gasteiger partial charge in [-0.3, -0.25) is 4.98 Å². The molecule has 1 aromatic carbocycles. The molecule has 0 spiro atoms. The van der Waals surface area contributed by atoms with E-state index >= 15 is 0 Å². The molecule has 0 bridgehead atoms. The fraction of sp³-hybridized carbons (Fsp3) is 0.267. The van der Waals surface area contributed by atoms with E-state index in [1.54, 1.807) is 6.20 Å². The van der Waals surface area contributed by atoms with E-state index in [-0.39, 0.29) is 0 Å². The quantitative estimate of drug-likeness (QED) is 0.846. The third-order valence-corrected chi connectivity index (χ3v) is 2.74. The van der Waals surface area contributed by atoms with Gasteiger partial charge in [0.05, 0.1) is 0 Å². The van der Waals surface area contributed by atoms with Crippen molar-refractivity contribution in [3.05, 3.63) is 59.9 Å². The van der Waals surface area contributed by atoms with E-state index < -0.39 is 0 Å². The number of hydrogen-bond acceptors (Lipinski definition) is 3. The molecule has 0 fully saturated rings. The lowest BCUT2D eigenvalue weighted by Gasteiger charge is -2.11. The molecule has 0 aliphatic heterocycles. The summed E-state index contributed by atoms with van der Waals surface area (Å²) in [5.41, 5.74) is 7.83. The predicted octanol–water partition coefficient (Wildman–Crippen LogP) is 2.55. The lowest BCUT2D eigenvalue weighted by molar-refractivity contribution is 0.302. The fourth-order valence-electron chi connectivity index (χ4n) is 1.79. The molecule has 2 N–H and O–H groups in total. The SMILES string of the molecule is NCCCc1ccccc1OCc1cccnc1. The van der Waals surface area contributed by atoms with Crippen LogP contribution in [0.5, 0.6) is 5.75 Å². The van der Waals surface area contributed by atoms with Gasteiger partial charge >= 0.3 is 0 Å². The van der Waals surface area contributed by atoms with Crippen molar-refractivity contribution in [2.45, 2.75) is 19.4 Å². The van der Waals surface area contributed by atoms with Gasteiger partial charge in [-0.2, -0.15) is 0 Å². The average Bonchev–Trinajstić information content (AvgIpc) is 2.45. The number of aryl methyl sites for hydroxylation is 1. The van der Waals surface area contributed by atoms with E-state index in [1.807, 2.05) is 36.5 Å². The van der Waals surface area contributed by atoms with Crippen LogP contribution in [0.15, 0.2) is 48.8 Å². The number of hydrogen-bond donors (Lipinski definition) is 1. The van der Waals surface area contributed by atoms with E-state index in [1.165, 1.54) is 5.56 Å². The summed E-state index contributed by atoms with van der Waals surface area (Å²) in [5.74, 6) is 0.940. The lowest BCUT2D eigenvalue weighted by atomic mass is 10.1. The van der Waals surface area contributed by atoms with Crippen LogP contribution >= 0.6 is 0 Å². The van der Waals surface area contributed by atoms with Crippen molar-refractivity contribution in [3.63, 3.8) is 0 Å². The Kier molecular flexibility index (Phi) is 4.73. The van der Waals surface area contributed by atoms with E-state index in [4.69, 9.17) is 10.5 Å². The molecule has 0 aliphatic carbocycles. The first kappa shape index (κ1) is 12.6. The van der Waals surface area contributed by atoms with Gasteiger partial charge in [-0.15, -0.1) is 0 Å². The van der Waals surface area contributed by atoms with E-state index in [0.717, 1.165) is 24.2 Å². The Labute approximate surface area is 108 Å². The number of benzene rings is 1. The number of para-hydroxylation sites is 1. The molecule has 1 aromatic heterocycles. The summed E-state index contributed by atoms with van der Waals surface area (Å²) < 4.78 is 5.84. The molecule has 0 amide bonds. The fourth-order valence-corrected chi connectivity index (χ4v) is 1.79. The molecule has 0 unspecified atom stereocenters. The smallest absolute Gasteiger partial charge is 0.122 e. The Bertz CT molecular complexity index is 471. The van der Waals surface area contributed by atoms with Gasteiger partial charge in [0.25, 0.3) is 0 Å². The van der Waals surface area contributed by atoms with Gasteiger partial charge in [0.2, 0.25) is 0 Å². The van der Waals surface area contributed by atoms with Crippen molar-refractivity contribution in [3.8, 4) is 5.75 Å². The molecule has 0 radical (unpaired) electrons. The summed E-state index contributed by atoms with van der Waals surface area (Å²) in [6.45, 7) is 1.25. The zero-order chi connectivity index (χ0) is 12.6. The van der Waals surface area contributed by atoms with Gasteiger partial charge in [0, 0.05) is 18.0 Å². The normalized spacial score (nSPS) is 10.3. The Morgan fingerprint density at radius 3 is 2.78 bits per heavy atom. The number of ether oxygens (including phenoxy) is 1. The maximum absolute atomic E-state index is 5.84. The summed E-state index contributed by atoms with van der Waals surface area (Å²) in [4.78, 5) is 4.07. The Morgan fingerprint density at radius 1 is 1.11 bits per heavy atom. The minimum absolute atomic E-state index is 0.549. The Balaban J connectivity index is 2.00. The van der Waals surface area contributed by atoms with E-state index in [9.17, 15) is 0 Å². The summed E-state index contributed by atoms with van der Waals surface area (Å²) in [5, 5.41) is 0. The molecular weight excluding hydrogens is 224 g/mol. The van der Waals surface area contributed by atoms with Crippen LogP contribution in [0.4, 0.5) is 0 Å². The highest BCUT2D eigenvalue weighted by molar-refractivity contribution is 5.33. The second-order valence-corrected chi connectivity index (χ2v) is 4.15. The van der Waals surface area contributed by atoms with Crippen LogP contribution in [0.25, 0.3) is 0 Å². The molecule has 94 valence electrons. The largest absolute Gasteiger partial charge is 0.489 e. The molecule has 0 saturated carbocycles. The van der Waals surface area contributed by atoms with Crippen molar-refractivity contribution in [1.29, 1.82) is 0 Å². The zero-order valence-electron chi connectivity index (χ0n) is 10.4. The maximum Gasteiger partial charge on any atom is 0.122 e. The van der Waals surface area contributed by atoms with Crippen molar-refractivity contribution in [2.24, 2.45) is 5.73 Å². The number of nitrogens with zero attached hydrogens (tertiary/aromatic N) is 1. The highest BCUT2D eigenvalue weighted by atomic mass is 16.5. The van der Waals surface area contributed by atoms with Crippen LogP contribution in [0.1, 0.15) is 17.5 Å². The summed E-state index contributed by atoms with van der Waals surface area (Å²) in [7, 11) is 0. The summed E-state index contributed by atoms with van der Waals surface area (Å²) in [6.07, 6.45) is 5.52. The molecule has 0 aliphatic rings. The standard InChI is InChI=1S/C15H18N2O/c16-9-3-7-14-6-1-2-8-15(14)18-12-13-5-4-10-17-11-13/h1-2,4-6,8,10-11H,3,7,9,12,16H2. The molecule has 18 heavy (non-hydrogen) atoms. The van der Waals surface area contributed by atoms with Crippen molar-refractivity contribution >= 4 is 0 Å². The molecule has 0 atom stereocenters. The topological polar surface area (TPSA) is 48.1 Å². The summed E-state index contributed by atoms with van der Waals surface area (Å²) >= 11 is 0. The third-order valence-electron chi connectivity index (χ3n) is 2.74. The highest BCUT2D eigenvalue weighted by Crippen LogP contribution is 2.20. The molecule has 2 rings (SSSR count). The van der Waals surface area contributed by atoms with Gasteiger partial charge in [0.15, 0.2) is 0 Å². The van der Waals surface area contributed by atoms with Gasteiger partial charge in [-0.25, -0.2) is 0 Å². The number of aromatic nitrogens is 1. The first-order chi connectivity index (χ1) is 8.90. The van der Waals surface area contributed by atoms with Crippen LogP contribution in [0, 0.1) is 0 Å². The van der Waals surface area contributed by atoms with Crippen LogP contribution in [0.2, 0.25) is 0 Å². The van der Waals surface area contributed by atoms with Crippen molar-refractivity contribution in [2.75, 3.05) is 6.54 Å². The second kappa shape index (κ2) is 6.77. The maximum atomic E-state index is 5.84. The van der Waals surface area contributed by atoms with Crippen molar-refractivity contribution < 1.29 is 4.74 Å². The Hall–Kier alpha value is -1.87. The number of rotatable bonds is 6. The number of nitrogens with two attached hydrogens (primary N) is 1. The third kappa shape index (κ3) is 3.57. The monoisotopic (exact) mass is 242 g/mol. The minimum Gasteiger partial charge on any atom is -0.489 e.